The van der Waals surface area contributed by atoms with Gasteiger partial charge < -0.3 is 5.73 Å². The van der Waals surface area contributed by atoms with Crippen LogP contribution in [0.2, 0.25) is 0 Å². The number of alkyl halides is 1. The van der Waals surface area contributed by atoms with Crippen LogP contribution in [-0.4, -0.2) is 36.7 Å². The third kappa shape index (κ3) is 2.02. The lowest BCUT2D eigenvalue weighted by Gasteiger charge is -2.45. The molecular formula is C10H19FN2. The van der Waals surface area contributed by atoms with Crippen molar-refractivity contribution in [2.24, 2.45) is 11.7 Å². The largest absolute Gasteiger partial charge is 0.328 e. The summed E-state index contributed by atoms with van der Waals surface area (Å²) in [6.07, 6.45) is 4.75. The van der Waals surface area contributed by atoms with Crippen LogP contribution in [0.5, 0.6) is 0 Å². The maximum absolute atomic E-state index is 12.2. The van der Waals surface area contributed by atoms with Gasteiger partial charge in [-0.25, -0.2) is 0 Å². The fourth-order valence-corrected chi connectivity index (χ4v) is 2.47. The van der Waals surface area contributed by atoms with E-state index in [0.717, 1.165) is 25.9 Å². The maximum Gasteiger partial charge on any atom is 0.0947 e. The van der Waals surface area contributed by atoms with Gasteiger partial charge in [-0.1, -0.05) is 0 Å². The Labute approximate surface area is 79.3 Å². The standard InChI is InChI=1S/C10H19FN2/c11-5-8-6-13(7-8)10-3-1-9(12)2-4-10/h8-10H,1-7,12H2. The highest BCUT2D eigenvalue weighted by atomic mass is 19.1. The molecule has 0 atom stereocenters. The normalized spacial score (nSPS) is 37.4. The van der Waals surface area contributed by atoms with Crippen LogP contribution >= 0.6 is 0 Å². The van der Waals surface area contributed by atoms with Crippen molar-refractivity contribution in [3.05, 3.63) is 0 Å². The van der Waals surface area contributed by atoms with Crippen molar-refractivity contribution in [2.75, 3.05) is 19.8 Å². The van der Waals surface area contributed by atoms with E-state index in [9.17, 15) is 4.39 Å². The molecule has 1 heterocycles. The Kier molecular flexibility index (Phi) is 2.84. The van der Waals surface area contributed by atoms with Gasteiger partial charge >= 0.3 is 0 Å². The van der Waals surface area contributed by atoms with Gasteiger partial charge in [-0.05, 0) is 25.7 Å². The van der Waals surface area contributed by atoms with Crippen molar-refractivity contribution in [1.82, 2.24) is 4.90 Å². The van der Waals surface area contributed by atoms with Crippen molar-refractivity contribution < 1.29 is 4.39 Å². The van der Waals surface area contributed by atoms with Gasteiger partial charge in [0.2, 0.25) is 0 Å². The summed E-state index contributed by atoms with van der Waals surface area (Å²) < 4.78 is 12.2. The quantitative estimate of drug-likeness (QED) is 0.701. The lowest BCUT2D eigenvalue weighted by Crippen LogP contribution is -2.54. The highest BCUT2D eigenvalue weighted by Gasteiger charge is 2.33. The Bertz CT molecular complexity index is 160. The molecule has 0 aromatic rings. The van der Waals surface area contributed by atoms with Gasteiger partial charge in [0.1, 0.15) is 0 Å². The Morgan fingerprint density at radius 2 is 1.77 bits per heavy atom. The van der Waals surface area contributed by atoms with Gasteiger partial charge in [-0.3, -0.25) is 9.29 Å². The monoisotopic (exact) mass is 186 g/mol. The highest BCUT2D eigenvalue weighted by molar-refractivity contribution is 4.88. The number of nitrogens with two attached hydrogens (primary N) is 1. The first kappa shape index (κ1) is 9.41. The van der Waals surface area contributed by atoms with E-state index in [1.807, 2.05) is 0 Å². The van der Waals surface area contributed by atoms with Gasteiger partial charge in [-0.15, -0.1) is 0 Å². The van der Waals surface area contributed by atoms with Crippen LogP contribution in [0, 0.1) is 5.92 Å². The molecule has 0 aromatic carbocycles. The van der Waals surface area contributed by atoms with Crippen LogP contribution in [0.1, 0.15) is 25.7 Å². The molecule has 13 heavy (non-hydrogen) atoms. The van der Waals surface area contributed by atoms with Gasteiger partial charge in [-0.2, -0.15) is 0 Å². The minimum Gasteiger partial charge on any atom is -0.328 e. The number of hydrogen-bond donors (Lipinski definition) is 1. The zero-order valence-corrected chi connectivity index (χ0v) is 8.08. The Morgan fingerprint density at radius 1 is 1.15 bits per heavy atom. The lowest BCUT2D eigenvalue weighted by atomic mass is 9.87. The molecule has 3 heteroatoms. The maximum atomic E-state index is 12.2. The number of likely N-dealkylation sites (tertiary alicyclic amines) is 1. The second kappa shape index (κ2) is 3.93. The van der Waals surface area contributed by atoms with E-state index in [2.05, 4.69) is 4.90 Å². The minimum absolute atomic E-state index is 0.136. The van der Waals surface area contributed by atoms with Crippen molar-refractivity contribution in [3.8, 4) is 0 Å². The molecule has 2 aliphatic rings. The molecule has 2 fully saturated rings. The molecular weight excluding hydrogens is 167 g/mol. The predicted molar refractivity (Wildman–Crippen MR) is 51.3 cm³/mol. The van der Waals surface area contributed by atoms with E-state index in [0.29, 0.717) is 18.0 Å². The molecule has 2 nitrogen and oxygen atoms in total. The Balaban J connectivity index is 1.71. The van der Waals surface area contributed by atoms with Crippen LogP contribution in [0.25, 0.3) is 0 Å². The zero-order chi connectivity index (χ0) is 9.26. The fourth-order valence-electron chi connectivity index (χ4n) is 2.47. The van der Waals surface area contributed by atoms with Crippen LogP contribution in [0.3, 0.4) is 0 Å². The molecule has 2 rings (SSSR count). The third-order valence-electron chi connectivity index (χ3n) is 3.46. The molecule has 2 N–H and O–H groups in total. The molecule has 0 radical (unpaired) electrons. The number of rotatable bonds is 2. The SMILES string of the molecule is NC1CCC(N2CC(CF)C2)CC1. The summed E-state index contributed by atoms with van der Waals surface area (Å²) in [6, 6.07) is 1.14. The van der Waals surface area contributed by atoms with E-state index in [1.165, 1.54) is 12.8 Å². The Morgan fingerprint density at radius 3 is 2.31 bits per heavy atom. The second-order valence-electron chi connectivity index (χ2n) is 4.54. The lowest BCUT2D eigenvalue weighted by molar-refractivity contribution is 0.0218. The average Bonchev–Trinajstić information content (AvgIpc) is 2.06. The van der Waals surface area contributed by atoms with E-state index in [-0.39, 0.29) is 6.67 Å². The molecule has 1 aliphatic heterocycles. The molecule has 0 spiro atoms. The topological polar surface area (TPSA) is 29.3 Å². The van der Waals surface area contributed by atoms with E-state index in [1.54, 1.807) is 0 Å². The second-order valence-corrected chi connectivity index (χ2v) is 4.54. The summed E-state index contributed by atoms with van der Waals surface area (Å²) >= 11 is 0. The highest BCUT2D eigenvalue weighted by Crippen LogP contribution is 2.28. The molecule has 1 saturated heterocycles. The minimum atomic E-state index is -0.136. The van der Waals surface area contributed by atoms with E-state index >= 15 is 0 Å². The van der Waals surface area contributed by atoms with Crippen molar-refractivity contribution in [1.29, 1.82) is 0 Å². The first-order valence-electron chi connectivity index (χ1n) is 5.35. The van der Waals surface area contributed by atoms with Gasteiger partial charge in [0.15, 0.2) is 0 Å². The molecule has 1 saturated carbocycles. The van der Waals surface area contributed by atoms with Crippen molar-refractivity contribution in [3.63, 3.8) is 0 Å². The molecule has 1 aliphatic carbocycles. The zero-order valence-electron chi connectivity index (χ0n) is 8.08. The number of nitrogens with zero attached hydrogens (tertiary/aromatic N) is 1. The smallest absolute Gasteiger partial charge is 0.0947 e. The van der Waals surface area contributed by atoms with E-state index < -0.39 is 0 Å². The summed E-state index contributed by atoms with van der Waals surface area (Å²) in [5, 5.41) is 0. The first-order valence-corrected chi connectivity index (χ1v) is 5.35. The van der Waals surface area contributed by atoms with E-state index in [4.69, 9.17) is 5.73 Å². The van der Waals surface area contributed by atoms with Crippen LogP contribution in [0.4, 0.5) is 4.39 Å². The molecule has 0 unspecified atom stereocenters. The van der Waals surface area contributed by atoms with Crippen LogP contribution < -0.4 is 5.73 Å². The molecule has 0 aromatic heterocycles. The molecule has 0 bridgehead atoms. The average molecular weight is 186 g/mol. The van der Waals surface area contributed by atoms with Gasteiger partial charge in [0, 0.05) is 31.1 Å². The third-order valence-corrected chi connectivity index (χ3v) is 3.46. The van der Waals surface area contributed by atoms with Crippen LogP contribution in [0.15, 0.2) is 0 Å². The van der Waals surface area contributed by atoms with Gasteiger partial charge in [0.25, 0.3) is 0 Å². The van der Waals surface area contributed by atoms with Crippen LogP contribution in [-0.2, 0) is 0 Å². The molecule has 0 amide bonds. The summed E-state index contributed by atoms with van der Waals surface area (Å²) in [5.74, 6) is 0.329. The van der Waals surface area contributed by atoms with Crippen molar-refractivity contribution in [2.45, 2.75) is 37.8 Å². The Hall–Kier alpha value is -0.150. The summed E-state index contributed by atoms with van der Waals surface area (Å²) in [7, 11) is 0. The number of hydrogen-bond acceptors (Lipinski definition) is 2. The fraction of sp³-hybridized carbons (Fsp3) is 1.00. The number of halogens is 1. The molecule has 76 valence electrons. The first-order chi connectivity index (χ1) is 6.29. The summed E-state index contributed by atoms with van der Waals surface area (Å²) in [4.78, 5) is 2.43. The van der Waals surface area contributed by atoms with Crippen molar-refractivity contribution >= 4 is 0 Å². The van der Waals surface area contributed by atoms with Gasteiger partial charge in [0.05, 0.1) is 6.67 Å². The summed E-state index contributed by atoms with van der Waals surface area (Å²) in [6.45, 7) is 1.83. The predicted octanol–water partition coefficient (Wildman–Crippen LogP) is 1.16. The summed E-state index contributed by atoms with van der Waals surface area (Å²) in [5.41, 5.74) is 5.83.